The van der Waals surface area contributed by atoms with Crippen molar-refractivity contribution in [2.24, 2.45) is 5.92 Å². The molecule has 1 atom stereocenters. The largest absolute Gasteiger partial charge is 0.368 e. The van der Waals surface area contributed by atoms with Crippen molar-refractivity contribution in [3.63, 3.8) is 0 Å². The van der Waals surface area contributed by atoms with Gasteiger partial charge in [0.2, 0.25) is 5.91 Å². The smallest absolute Gasteiger partial charge is 0.227 e. The van der Waals surface area contributed by atoms with E-state index in [1.54, 1.807) is 6.20 Å². The second-order valence-corrected chi connectivity index (χ2v) is 5.81. The number of carbonyl (C=O) groups is 1. The van der Waals surface area contributed by atoms with Crippen molar-refractivity contribution in [1.82, 2.24) is 9.97 Å². The number of halogens is 1. The van der Waals surface area contributed by atoms with Crippen LogP contribution in [0.3, 0.4) is 0 Å². The molecule has 1 N–H and O–H groups in total. The van der Waals surface area contributed by atoms with Gasteiger partial charge in [-0.05, 0) is 19.1 Å². The number of hydrogen-bond acceptors (Lipinski definition) is 4. The summed E-state index contributed by atoms with van der Waals surface area (Å²) in [5.74, 6) is 1.68. The first-order valence-corrected chi connectivity index (χ1v) is 7.59. The number of benzene rings is 1. The lowest BCUT2D eigenvalue weighted by molar-refractivity contribution is -0.117. The van der Waals surface area contributed by atoms with Crippen LogP contribution in [0, 0.1) is 12.8 Å². The lowest BCUT2D eigenvalue weighted by atomic mass is 10.1. The minimum absolute atomic E-state index is 0.156. The molecule has 114 valence electrons. The van der Waals surface area contributed by atoms with Crippen molar-refractivity contribution in [3.8, 4) is 0 Å². The van der Waals surface area contributed by atoms with E-state index in [2.05, 4.69) is 15.3 Å². The van der Waals surface area contributed by atoms with Crippen molar-refractivity contribution in [2.45, 2.75) is 13.3 Å². The summed E-state index contributed by atoms with van der Waals surface area (Å²) in [4.78, 5) is 22.3. The standard InChI is InChI=1S/C16H17ClN4O/c1-11-18-9-14(17)16(20-11)19-8-12-7-15(22)21(10-12)13-5-3-2-4-6-13/h2-6,9,12H,7-8,10H2,1H3,(H,18,19,20). The highest BCUT2D eigenvalue weighted by atomic mass is 35.5. The zero-order valence-electron chi connectivity index (χ0n) is 12.3. The maximum Gasteiger partial charge on any atom is 0.227 e. The van der Waals surface area contributed by atoms with Crippen LogP contribution in [0.2, 0.25) is 5.02 Å². The molecule has 1 aliphatic rings. The number of carbonyl (C=O) groups excluding carboxylic acids is 1. The van der Waals surface area contributed by atoms with Gasteiger partial charge in [0.15, 0.2) is 0 Å². The van der Waals surface area contributed by atoms with Crippen molar-refractivity contribution >= 4 is 29.0 Å². The number of para-hydroxylation sites is 1. The van der Waals surface area contributed by atoms with Crippen LogP contribution in [-0.4, -0.2) is 29.0 Å². The molecular formula is C16H17ClN4O. The van der Waals surface area contributed by atoms with Gasteiger partial charge in [-0.1, -0.05) is 29.8 Å². The van der Waals surface area contributed by atoms with Gasteiger partial charge < -0.3 is 10.2 Å². The second-order valence-electron chi connectivity index (χ2n) is 5.40. The maximum absolute atomic E-state index is 12.2. The van der Waals surface area contributed by atoms with E-state index >= 15 is 0 Å². The Morgan fingerprint density at radius 1 is 1.36 bits per heavy atom. The molecule has 0 saturated carbocycles. The summed E-state index contributed by atoms with van der Waals surface area (Å²) in [5.41, 5.74) is 0.950. The molecule has 1 aromatic carbocycles. The van der Waals surface area contributed by atoms with E-state index in [0.717, 1.165) is 5.69 Å². The number of amides is 1. The van der Waals surface area contributed by atoms with Gasteiger partial charge in [-0.3, -0.25) is 4.79 Å². The van der Waals surface area contributed by atoms with Gasteiger partial charge in [0.1, 0.15) is 16.7 Å². The number of nitrogens with one attached hydrogen (secondary N) is 1. The Morgan fingerprint density at radius 2 is 2.14 bits per heavy atom. The summed E-state index contributed by atoms with van der Waals surface area (Å²) < 4.78 is 0. The van der Waals surface area contributed by atoms with E-state index < -0.39 is 0 Å². The number of aromatic nitrogens is 2. The summed E-state index contributed by atoms with van der Waals surface area (Å²) in [5, 5.41) is 3.72. The average molecular weight is 317 g/mol. The van der Waals surface area contributed by atoms with Gasteiger partial charge in [0.25, 0.3) is 0 Å². The van der Waals surface area contributed by atoms with Gasteiger partial charge in [-0.25, -0.2) is 9.97 Å². The summed E-state index contributed by atoms with van der Waals surface area (Å²) in [6, 6.07) is 9.74. The van der Waals surface area contributed by atoms with Crippen molar-refractivity contribution in [3.05, 3.63) is 47.4 Å². The number of rotatable bonds is 4. The van der Waals surface area contributed by atoms with Crippen LogP contribution >= 0.6 is 11.6 Å². The van der Waals surface area contributed by atoms with E-state index in [1.165, 1.54) is 0 Å². The summed E-state index contributed by atoms with van der Waals surface area (Å²) >= 11 is 6.07. The number of aryl methyl sites for hydroxylation is 1. The molecule has 22 heavy (non-hydrogen) atoms. The molecule has 2 heterocycles. The second kappa shape index (κ2) is 6.32. The lowest BCUT2D eigenvalue weighted by Crippen LogP contribution is -2.25. The first kappa shape index (κ1) is 14.8. The fraction of sp³-hybridized carbons (Fsp3) is 0.312. The minimum Gasteiger partial charge on any atom is -0.368 e. The zero-order valence-corrected chi connectivity index (χ0v) is 13.0. The van der Waals surface area contributed by atoms with Crippen LogP contribution in [0.15, 0.2) is 36.5 Å². The molecule has 5 nitrogen and oxygen atoms in total. The highest BCUT2D eigenvalue weighted by Gasteiger charge is 2.30. The van der Waals surface area contributed by atoms with Gasteiger partial charge >= 0.3 is 0 Å². The topological polar surface area (TPSA) is 58.1 Å². The fourth-order valence-electron chi connectivity index (χ4n) is 2.60. The molecular weight excluding hydrogens is 300 g/mol. The Kier molecular flexibility index (Phi) is 4.24. The van der Waals surface area contributed by atoms with Gasteiger partial charge in [0.05, 0.1) is 6.20 Å². The SMILES string of the molecule is Cc1ncc(Cl)c(NCC2CC(=O)N(c3ccccc3)C2)n1. The monoisotopic (exact) mass is 316 g/mol. The molecule has 1 aromatic heterocycles. The Bertz CT molecular complexity index is 677. The number of hydrogen-bond donors (Lipinski definition) is 1. The predicted molar refractivity (Wildman–Crippen MR) is 87.2 cm³/mol. The Hall–Kier alpha value is -2.14. The van der Waals surface area contributed by atoms with E-state index in [-0.39, 0.29) is 11.8 Å². The Morgan fingerprint density at radius 3 is 2.91 bits per heavy atom. The van der Waals surface area contributed by atoms with E-state index in [0.29, 0.717) is 36.2 Å². The molecule has 0 bridgehead atoms. The molecule has 1 aliphatic heterocycles. The normalized spacial score (nSPS) is 17.8. The van der Waals surface area contributed by atoms with Crippen molar-refractivity contribution in [1.29, 1.82) is 0 Å². The fourth-order valence-corrected chi connectivity index (χ4v) is 2.75. The highest BCUT2D eigenvalue weighted by molar-refractivity contribution is 6.32. The van der Waals surface area contributed by atoms with E-state index in [1.807, 2.05) is 42.2 Å². The van der Waals surface area contributed by atoms with E-state index in [9.17, 15) is 4.79 Å². The summed E-state index contributed by atoms with van der Waals surface area (Å²) in [6.07, 6.45) is 2.12. The van der Waals surface area contributed by atoms with Crippen molar-refractivity contribution < 1.29 is 4.79 Å². The third-order valence-electron chi connectivity index (χ3n) is 3.70. The molecule has 1 amide bonds. The molecule has 6 heteroatoms. The van der Waals surface area contributed by atoms with Crippen LogP contribution in [0.4, 0.5) is 11.5 Å². The molecule has 1 saturated heterocycles. The van der Waals surface area contributed by atoms with Crippen LogP contribution in [0.1, 0.15) is 12.2 Å². The third kappa shape index (κ3) is 3.20. The average Bonchev–Trinajstić information content (AvgIpc) is 2.90. The molecule has 2 aromatic rings. The number of nitrogens with zero attached hydrogens (tertiary/aromatic N) is 3. The summed E-state index contributed by atoms with van der Waals surface area (Å²) in [7, 11) is 0. The summed E-state index contributed by atoms with van der Waals surface area (Å²) in [6.45, 7) is 3.18. The van der Waals surface area contributed by atoms with Crippen molar-refractivity contribution in [2.75, 3.05) is 23.3 Å². The number of anilines is 2. The predicted octanol–water partition coefficient (Wildman–Crippen LogP) is 2.90. The lowest BCUT2D eigenvalue weighted by Gasteiger charge is -2.17. The molecule has 3 rings (SSSR count). The zero-order chi connectivity index (χ0) is 15.5. The molecule has 0 radical (unpaired) electrons. The van der Waals surface area contributed by atoms with Crippen LogP contribution in [0.25, 0.3) is 0 Å². The molecule has 1 unspecified atom stereocenters. The highest BCUT2D eigenvalue weighted by Crippen LogP contribution is 2.25. The van der Waals surface area contributed by atoms with Crippen LogP contribution < -0.4 is 10.2 Å². The molecule has 1 fully saturated rings. The van der Waals surface area contributed by atoms with Gasteiger partial charge in [-0.2, -0.15) is 0 Å². The first-order valence-electron chi connectivity index (χ1n) is 7.22. The van der Waals surface area contributed by atoms with Gasteiger partial charge in [-0.15, -0.1) is 0 Å². The minimum atomic E-state index is 0.156. The van der Waals surface area contributed by atoms with E-state index in [4.69, 9.17) is 11.6 Å². The quantitative estimate of drug-likeness (QED) is 0.942. The molecule has 0 spiro atoms. The van der Waals surface area contributed by atoms with Crippen LogP contribution in [-0.2, 0) is 4.79 Å². The third-order valence-corrected chi connectivity index (χ3v) is 3.97. The van der Waals surface area contributed by atoms with Gasteiger partial charge in [0, 0.05) is 31.1 Å². The first-order chi connectivity index (χ1) is 10.6. The van der Waals surface area contributed by atoms with Crippen LogP contribution in [0.5, 0.6) is 0 Å². The molecule has 0 aliphatic carbocycles. The Balaban J connectivity index is 1.63. The maximum atomic E-state index is 12.2. The Labute approximate surface area is 134 Å².